The molecule has 11 heteroatoms. The summed E-state index contributed by atoms with van der Waals surface area (Å²) in [4.78, 5) is 25.1. The van der Waals surface area contributed by atoms with Gasteiger partial charge in [-0.1, -0.05) is 29.4 Å². The third kappa shape index (κ3) is 7.18. The zero-order valence-electron chi connectivity index (χ0n) is 21.3. The number of allylic oxidation sites excluding steroid dienone is 1. The molecule has 1 N–H and O–H groups in total. The number of ketones is 1. The molecule has 0 saturated heterocycles. The number of nitrogens with zero attached hydrogens (tertiary/aromatic N) is 2. The van der Waals surface area contributed by atoms with Gasteiger partial charge in [-0.05, 0) is 72.3 Å². The predicted octanol–water partition coefficient (Wildman–Crippen LogP) is 6.04. The van der Waals surface area contributed by atoms with Gasteiger partial charge in [-0.25, -0.2) is 0 Å². The van der Waals surface area contributed by atoms with Crippen LogP contribution in [-0.4, -0.2) is 49.0 Å². The van der Waals surface area contributed by atoms with E-state index in [4.69, 9.17) is 30.2 Å². The van der Waals surface area contributed by atoms with Crippen LogP contribution in [0.1, 0.15) is 15.9 Å². The molecule has 200 valence electrons. The highest BCUT2D eigenvalue weighted by atomic mass is 35.5. The predicted molar refractivity (Wildman–Crippen MR) is 150 cm³/mol. The molecule has 0 spiro atoms. The molecule has 1 amide bonds. The van der Waals surface area contributed by atoms with Gasteiger partial charge in [0.05, 0.1) is 27.1 Å². The number of methoxy groups -OCH3 is 3. The van der Waals surface area contributed by atoms with E-state index in [1.807, 2.05) is 0 Å². The van der Waals surface area contributed by atoms with E-state index in [9.17, 15) is 9.59 Å². The number of benzene rings is 3. The molecule has 9 nitrogen and oxygen atoms in total. The second kappa shape index (κ2) is 13.0. The smallest absolute Gasteiger partial charge is 0.277 e. The third-order valence-corrected chi connectivity index (χ3v) is 6.46. The Morgan fingerprint density at radius 2 is 1.62 bits per heavy atom. The molecule has 0 atom stereocenters. The molecule has 0 unspecified atom stereocenters. The van der Waals surface area contributed by atoms with Crippen molar-refractivity contribution in [2.45, 2.75) is 5.22 Å². The van der Waals surface area contributed by atoms with Gasteiger partial charge >= 0.3 is 0 Å². The summed E-state index contributed by atoms with van der Waals surface area (Å²) in [6, 6.07) is 17.1. The second-order valence-electron chi connectivity index (χ2n) is 7.95. The summed E-state index contributed by atoms with van der Waals surface area (Å²) >= 11 is 7.02. The van der Waals surface area contributed by atoms with Crippen molar-refractivity contribution < 1.29 is 28.2 Å². The molecule has 1 heterocycles. The number of thioether (sulfide) groups is 1. The summed E-state index contributed by atoms with van der Waals surface area (Å²) in [6.07, 6.45) is 3.11. The number of rotatable bonds is 11. The van der Waals surface area contributed by atoms with Crippen LogP contribution in [-0.2, 0) is 4.79 Å². The molecule has 4 rings (SSSR count). The molecule has 0 fully saturated rings. The number of hydrogen-bond acceptors (Lipinski definition) is 9. The minimum absolute atomic E-state index is 0.0699. The van der Waals surface area contributed by atoms with E-state index < -0.39 is 0 Å². The Morgan fingerprint density at radius 3 is 2.23 bits per heavy atom. The van der Waals surface area contributed by atoms with Gasteiger partial charge in [0.1, 0.15) is 0 Å². The van der Waals surface area contributed by atoms with Gasteiger partial charge in [-0.3, -0.25) is 9.59 Å². The van der Waals surface area contributed by atoms with E-state index in [0.29, 0.717) is 45.0 Å². The molecule has 3 aromatic carbocycles. The lowest BCUT2D eigenvalue weighted by molar-refractivity contribution is -0.113. The van der Waals surface area contributed by atoms with Crippen LogP contribution in [0.5, 0.6) is 17.2 Å². The van der Waals surface area contributed by atoms with E-state index in [0.717, 1.165) is 17.3 Å². The zero-order chi connectivity index (χ0) is 27.8. The van der Waals surface area contributed by atoms with Crippen molar-refractivity contribution in [3.63, 3.8) is 0 Å². The van der Waals surface area contributed by atoms with Crippen LogP contribution in [0, 0.1) is 0 Å². The minimum Gasteiger partial charge on any atom is -0.493 e. The quantitative estimate of drug-likeness (QED) is 0.132. The number of hydrogen-bond donors (Lipinski definition) is 1. The number of nitrogens with one attached hydrogen (secondary N) is 1. The first kappa shape index (κ1) is 27.7. The number of anilines is 1. The first-order chi connectivity index (χ1) is 18.9. The molecular weight excluding hydrogens is 542 g/mol. The van der Waals surface area contributed by atoms with Crippen LogP contribution in [0.3, 0.4) is 0 Å². The summed E-state index contributed by atoms with van der Waals surface area (Å²) < 4.78 is 21.6. The van der Waals surface area contributed by atoms with Crippen molar-refractivity contribution in [3.8, 4) is 28.7 Å². The van der Waals surface area contributed by atoms with E-state index in [-0.39, 0.29) is 22.7 Å². The SMILES string of the molecule is COc1cc(/C=C/C(=O)c2ccc(NC(=O)CSc3nnc(-c4ccc(Cl)cc4)o3)cc2)cc(OC)c1OC. The number of halogens is 1. The van der Waals surface area contributed by atoms with Crippen molar-refractivity contribution in [1.82, 2.24) is 10.2 Å². The zero-order valence-corrected chi connectivity index (χ0v) is 22.8. The fourth-order valence-electron chi connectivity index (χ4n) is 3.49. The summed E-state index contributed by atoms with van der Waals surface area (Å²) in [5.74, 6) is 1.40. The average Bonchev–Trinajstić information content (AvgIpc) is 3.44. The number of carbonyl (C=O) groups excluding carboxylic acids is 2. The van der Waals surface area contributed by atoms with Crippen molar-refractivity contribution in [2.24, 2.45) is 0 Å². The first-order valence-electron chi connectivity index (χ1n) is 11.5. The Kier molecular flexibility index (Phi) is 9.24. The lowest BCUT2D eigenvalue weighted by atomic mass is 10.1. The Balaban J connectivity index is 1.31. The summed E-state index contributed by atoms with van der Waals surface area (Å²) in [5.41, 5.74) is 2.46. The molecule has 1 aromatic heterocycles. The van der Waals surface area contributed by atoms with Gasteiger partial charge in [0.25, 0.3) is 5.22 Å². The highest BCUT2D eigenvalue weighted by Gasteiger charge is 2.14. The Bertz CT molecular complexity index is 1460. The molecule has 39 heavy (non-hydrogen) atoms. The molecule has 0 aliphatic heterocycles. The largest absolute Gasteiger partial charge is 0.493 e. The average molecular weight is 566 g/mol. The fraction of sp³-hybridized carbons (Fsp3) is 0.143. The lowest BCUT2D eigenvalue weighted by Crippen LogP contribution is -2.14. The maximum atomic E-state index is 12.7. The normalized spacial score (nSPS) is 10.9. The monoisotopic (exact) mass is 565 g/mol. The van der Waals surface area contributed by atoms with Gasteiger partial charge in [-0.2, -0.15) is 0 Å². The summed E-state index contributed by atoms with van der Waals surface area (Å²) in [6.45, 7) is 0. The topological polar surface area (TPSA) is 113 Å². The van der Waals surface area contributed by atoms with E-state index >= 15 is 0 Å². The molecule has 0 radical (unpaired) electrons. The number of aromatic nitrogens is 2. The van der Waals surface area contributed by atoms with Crippen LogP contribution in [0.15, 0.2) is 76.4 Å². The first-order valence-corrected chi connectivity index (χ1v) is 12.9. The Hall–Kier alpha value is -4.28. The van der Waals surface area contributed by atoms with E-state index in [1.54, 1.807) is 66.7 Å². The van der Waals surface area contributed by atoms with Crippen LogP contribution < -0.4 is 19.5 Å². The number of ether oxygens (including phenoxy) is 3. The maximum absolute atomic E-state index is 12.7. The van der Waals surface area contributed by atoms with Gasteiger partial charge in [0.2, 0.25) is 17.5 Å². The van der Waals surface area contributed by atoms with Crippen LogP contribution in [0.4, 0.5) is 5.69 Å². The molecular formula is C28H24ClN3O6S. The number of amides is 1. The van der Waals surface area contributed by atoms with Crippen molar-refractivity contribution in [3.05, 3.63) is 82.9 Å². The highest BCUT2D eigenvalue weighted by Crippen LogP contribution is 2.38. The van der Waals surface area contributed by atoms with Crippen molar-refractivity contribution in [1.29, 1.82) is 0 Å². The van der Waals surface area contributed by atoms with E-state index in [2.05, 4.69) is 15.5 Å². The Labute approximate surface area is 234 Å². The van der Waals surface area contributed by atoms with Crippen LogP contribution in [0.25, 0.3) is 17.5 Å². The van der Waals surface area contributed by atoms with E-state index in [1.165, 1.54) is 27.4 Å². The van der Waals surface area contributed by atoms with Crippen molar-refractivity contribution >= 4 is 46.8 Å². The third-order valence-electron chi connectivity index (χ3n) is 5.39. The fourth-order valence-corrected chi connectivity index (χ4v) is 4.17. The van der Waals surface area contributed by atoms with Crippen LogP contribution in [0.2, 0.25) is 5.02 Å². The summed E-state index contributed by atoms with van der Waals surface area (Å²) in [5, 5.41) is 11.6. The second-order valence-corrected chi connectivity index (χ2v) is 9.31. The summed E-state index contributed by atoms with van der Waals surface area (Å²) in [7, 11) is 4.58. The molecule has 0 saturated carbocycles. The minimum atomic E-state index is -0.257. The maximum Gasteiger partial charge on any atom is 0.277 e. The molecule has 0 aliphatic rings. The number of carbonyl (C=O) groups is 2. The standard InChI is InChI=1S/C28H24ClN3O6S/c1-35-23-14-17(15-24(36-2)26(23)37-3)4-13-22(33)18-7-11-21(12-8-18)30-25(34)16-39-28-32-31-27(38-28)19-5-9-20(29)10-6-19/h4-15H,16H2,1-3H3,(H,30,34)/b13-4+. The molecule has 0 aliphatic carbocycles. The molecule has 4 aromatic rings. The Morgan fingerprint density at radius 1 is 0.949 bits per heavy atom. The lowest BCUT2D eigenvalue weighted by Gasteiger charge is -2.12. The van der Waals surface area contributed by atoms with Crippen molar-refractivity contribution in [2.75, 3.05) is 32.4 Å². The van der Waals surface area contributed by atoms with Gasteiger partial charge in [0, 0.05) is 21.8 Å². The van der Waals surface area contributed by atoms with Gasteiger partial charge in [0.15, 0.2) is 17.3 Å². The van der Waals surface area contributed by atoms with Gasteiger partial charge in [-0.15, -0.1) is 10.2 Å². The van der Waals surface area contributed by atoms with Gasteiger partial charge < -0.3 is 23.9 Å². The highest BCUT2D eigenvalue weighted by molar-refractivity contribution is 7.99. The van der Waals surface area contributed by atoms with Crippen LogP contribution >= 0.6 is 23.4 Å². The molecule has 0 bridgehead atoms.